The Kier molecular flexibility index (Phi) is 4.57. The van der Waals surface area contributed by atoms with Gasteiger partial charge in [-0.1, -0.05) is 11.6 Å². The van der Waals surface area contributed by atoms with Crippen LogP contribution in [0.4, 0.5) is 5.69 Å². The number of hydrogen-bond donors (Lipinski definition) is 1. The molecule has 1 N–H and O–H groups in total. The Morgan fingerprint density at radius 2 is 2.35 bits per heavy atom. The van der Waals surface area contributed by atoms with E-state index in [1.807, 2.05) is 4.90 Å². The molecule has 1 unspecified atom stereocenters. The van der Waals surface area contributed by atoms with Gasteiger partial charge in [-0.3, -0.25) is 19.8 Å². The topological polar surface area (TPSA) is 75.5 Å². The third kappa shape index (κ3) is 3.08. The van der Waals surface area contributed by atoms with Crippen LogP contribution >= 0.6 is 11.6 Å². The van der Waals surface area contributed by atoms with Crippen molar-refractivity contribution in [1.29, 1.82) is 0 Å². The smallest absolute Gasteiger partial charge is 0.269 e. The fourth-order valence-electron chi connectivity index (χ4n) is 2.49. The molecule has 1 heterocycles. The van der Waals surface area contributed by atoms with E-state index in [1.54, 1.807) is 7.05 Å². The quantitative estimate of drug-likeness (QED) is 0.681. The van der Waals surface area contributed by atoms with Gasteiger partial charge in [0.25, 0.3) is 5.69 Å². The summed E-state index contributed by atoms with van der Waals surface area (Å²) < 4.78 is 0. The van der Waals surface area contributed by atoms with E-state index in [0.717, 1.165) is 19.4 Å². The number of non-ortho nitro benzene ring substituents is 1. The number of carbonyl (C=O) groups excluding carboxylic acids is 1. The molecule has 1 fully saturated rings. The molecule has 2 rings (SSSR count). The zero-order chi connectivity index (χ0) is 14.7. The van der Waals surface area contributed by atoms with Crippen LogP contribution in [0.3, 0.4) is 0 Å². The minimum absolute atomic E-state index is 0.0140. The second-order valence-corrected chi connectivity index (χ2v) is 5.18. The average Bonchev–Trinajstić information content (AvgIpc) is 2.88. The highest BCUT2D eigenvalue weighted by atomic mass is 35.5. The molecule has 1 aliphatic heterocycles. The summed E-state index contributed by atoms with van der Waals surface area (Å²) in [5.74, 6) is -0.0240. The highest BCUT2D eigenvalue weighted by molar-refractivity contribution is 6.31. The monoisotopic (exact) mass is 297 g/mol. The van der Waals surface area contributed by atoms with E-state index >= 15 is 0 Å². The number of rotatable bonds is 4. The largest absolute Gasteiger partial charge is 0.358 e. The molecule has 20 heavy (non-hydrogen) atoms. The highest BCUT2D eigenvalue weighted by Crippen LogP contribution is 2.26. The number of likely N-dealkylation sites (tertiary alicyclic amines) is 1. The van der Waals surface area contributed by atoms with Gasteiger partial charge in [-0.25, -0.2) is 0 Å². The Hall–Kier alpha value is -1.66. The fraction of sp³-hybridized carbons (Fsp3) is 0.462. The van der Waals surface area contributed by atoms with Crippen LogP contribution in [0.25, 0.3) is 0 Å². The lowest BCUT2D eigenvalue weighted by molar-refractivity contribution is -0.384. The van der Waals surface area contributed by atoms with Crippen molar-refractivity contribution in [3.05, 3.63) is 38.9 Å². The number of halogens is 1. The molecule has 1 aromatic rings. The Morgan fingerprint density at radius 3 is 3.00 bits per heavy atom. The first kappa shape index (κ1) is 14.7. The number of carbonyl (C=O) groups is 1. The second kappa shape index (κ2) is 6.19. The van der Waals surface area contributed by atoms with Crippen molar-refractivity contribution >= 4 is 23.2 Å². The minimum atomic E-state index is -0.444. The van der Waals surface area contributed by atoms with Gasteiger partial charge in [0.05, 0.1) is 11.0 Å². The first-order chi connectivity index (χ1) is 9.52. The SMILES string of the molecule is CNC(=O)C1CCCN1Cc1cc([N+](=O)[O-])ccc1Cl. The van der Waals surface area contributed by atoms with E-state index in [0.29, 0.717) is 17.1 Å². The van der Waals surface area contributed by atoms with Crippen molar-refractivity contribution in [3.8, 4) is 0 Å². The van der Waals surface area contributed by atoms with E-state index in [1.165, 1.54) is 18.2 Å². The van der Waals surface area contributed by atoms with E-state index in [9.17, 15) is 14.9 Å². The van der Waals surface area contributed by atoms with Gasteiger partial charge in [0, 0.05) is 30.7 Å². The van der Waals surface area contributed by atoms with E-state index < -0.39 is 4.92 Å². The maximum absolute atomic E-state index is 11.8. The fourth-order valence-corrected chi connectivity index (χ4v) is 2.67. The molecule has 1 aliphatic rings. The lowest BCUT2D eigenvalue weighted by atomic mass is 10.1. The summed E-state index contributed by atoms with van der Waals surface area (Å²) in [6.07, 6.45) is 1.73. The number of nitro groups is 1. The van der Waals surface area contributed by atoms with Gasteiger partial charge in [-0.2, -0.15) is 0 Å². The molecule has 108 valence electrons. The number of amides is 1. The van der Waals surface area contributed by atoms with Gasteiger partial charge in [0.15, 0.2) is 0 Å². The Bertz CT molecular complexity index is 536. The van der Waals surface area contributed by atoms with Gasteiger partial charge in [0.2, 0.25) is 5.91 Å². The number of nitrogens with zero attached hydrogens (tertiary/aromatic N) is 2. The molecule has 0 aromatic heterocycles. The molecule has 0 aliphatic carbocycles. The zero-order valence-electron chi connectivity index (χ0n) is 11.1. The van der Waals surface area contributed by atoms with Gasteiger partial charge >= 0.3 is 0 Å². The average molecular weight is 298 g/mol. The lowest BCUT2D eigenvalue weighted by Crippen LogP contribution is -2.41. The summed E-state index contributed by atoms with van der Waals surface area (Å²) in [5.41, 5.74) is 0.691. The number of nitrogens with one attached hydrogen (secondary N) is 1. The van der Waals surface area contributed by atoms with Crippen molar-refractivity contribution in [1.82, 2.24) is 10.2 Å². The number of nitro benzene ring substituents is 1. The maximum Gasteiger partial charge on any atom is 0.269 e. The van der Waals surface area contributed by atoms with Crippen LogP contribution in [0.2, 0.25) is 5.02 Å². The van der Waals surface area contributed by atoms with Crippen molar-refractivity contribution in [2.24, 2.45) is 0 Å². The van der Waals surface area contributed by atoms with Gasteiger partial charge in [0.1, 0.15) is 0 Å². The Morgan fingerprint density at radius 1 is 1.60 bits per heavy atom. The predicted octanol–water partition coefficient (Wildman–Crippen LogP) is 1.96. The van der Waals surface area contributed by atoms with Crippen LogP contribution in [0, 0.1) is 10.1 Å². The van der Waals surface area contributed by atoms with Gasteiger partial charge < -0.3 is 5.32 Å². The molecule has 1 atom stereocenters. The predicted molar refractivity (Wildman–Crippen MR) is 75.6 cm³/mol. The molecular formula is C13H16ClN3O3. The van der Waals surface area contributed by atoms with Crippen molar-refractivity contribution in [2.45, 2.75) is 25.4 Å². The summed E-state index contributed by atoms with van der Waals surface area (Å²) in [7, 11) is 1.61. The molecule has 7 heteroatoms. The van der Waals surface area contributed by atoms with Crippen LogP contribution in [-0.4, -0.2) is 35.4 Å². The molecule has 6 nitrogen and oxygen atoms in total. The minimum Gasteiger partial charge on any atom is -0.358 e. The first-order valence-corrected chi connectivity index (χ1v) is 6.79. The van der Waals surface area contributed by atoms with Gasteiger partial charge in [-0.05, 0) is 31.0 Å². The van der Waals surface area contributed by atoms with Crippen LogP contribution in [0.1, 0.15) is 18.4 Å². The van der Waals surface area contributed by atoms with E-state index in [-0.39, 0.29) is 17.6 Å². The van der Waals surface area contributed by atoms with Crippen LogP contribution < -0.4 is 5.32 Å². The van der Waals surface area contributed by atoms with Crippen molar-refractivity contribution in [3.63, 3.8) is 0 Å². The number of benzene rings is 1. The molecular weight excluding hydrogens is 282 g/mol. The summed E-state index contributed by atoms with van der Waals surface area (Å²) in [4.78, 5) is 24.1. The van der Waals surface area contributed by atoms with Crippen molar-refractivity contribution < 1.29 is 9.72 Å². The summed E-state index contributed by atoms with van der Waals surface area (Å²) in [5, 5.41) is 13.9. The van der Waals surface area contributed by atoms with Crippen LogP contribution in [0.5, 0.6) is 0 Å². The molecule has 1 amide bonds. The van der Waals surface area contributed by atoms with Gasteiger partial charge in [-0.15, -0.1) is 0 Å². The molecule has 0 spiro atoms. The zero-order valence-corrected chi connectivity index (χ0v) is 11.9. The molecule has 0 bridgehead atoms. The molecule has 1 aromatic carbocycles. The third-order valence-corrected chi connectivity index (χ3v) is 3.89. The number of likely N-dealkylation sites (N-methyl/N-ethyl adjacent to an activating group) is 1. The normalized spacial score (nSPS) is 19.0. The highest BCUT2D eigenvalue weighted by Gasteiger charge is 2.30. The standard InChI is InChI=1S/C13H16ClN3O3/c1-15-13(18)12-3-2-6-16(12)8-9-7-10(17(19)20)4-5-11(9)14/h4-5,7,12H,2-3,6,8H2,1H3,(H,15,18). The van der Waals surface area contributed by atoms with Crippen LogP contribution in [-0.2, 0) is 11.3 Å². The third-order valence-electron chi connectivity index (χ3n) is 3.53. The first-order valence-electron chi connectivity index (χ1n) is 6.41. The molecule has 0 saturated carbocycles. The summed E-state index contributed by atoms with van der Waals surface area (Å²) in [6.45, 7) is 1.23. The second-order valence-electron chi connectivity index (χ2n) is 4.78. The van der Waals surface area contributed by atoms with Crippen molar-refractivity contribution in [2.75, 3.05) is 13.6 Å². The molecule has 0 radical (unpaired) electrons. The lowest BCUT2D eigenvalue weighted by Gasteiger charge is -2.23. The summed E-state index contributed by atoms with van der Waals surface area (Å²) >= 11 is 6.09. The maximum atomic E-state index is 11.8. The Labute approximate surface area is 121 Å². The summed E-state index contributed by atoms with van der Waals surface area (Å²) in [6, 6.07) is 4.20. The number of hydrogen-bond acceptors (Lipinski definition) is 4. The van der Waals surface area contributed by atoms with E-state index in [4.69, 9.17) is 11.6 Å². The Balaban J connectivity index is 2.18. The molecule has 1 saturated heterocycles. The van der Waals surface area contributed by atoms with E-state index in [2.05, 4.69) is 5.32 Å². The van der Waals surface area contributed by atoms with Crippen LogP contribution in [0.15, 0.2) is 18.2 Å².